The molecule has 104 valence electrons. The Kier molecular flexibility index (Phi) is 3.95. The van der Waals surface area contributed by atoms with E-state index in [0.717, 1.165) is 6.54 Å². The van der Waals surface area contributed by atoms with Gasteiger partial charge in [0.15, 0.2) is 0 Å². The molecule has 1 nitrogen and oxygen atoms in total. The number of rotatable bonds is 2. The van der Waals surface area contributed by atoms with Gasteiger partial charge in [0.1, 0.15) is 5.82 Å². The van der Waals surface area contributed by atoms with Gasteiger partial charge < -0.3 is 0 Å². The molecule has 1 aliphatic carbocycles. The van der Waals surface area contributed by atoms with Crippen molar-refractivity contribution < 1.29 is 4.39 Å². The lowest BCUT2D eigenvalue weighted by molar-refractivity contribution is 0.103. The van der Waals surface area contributed by atoms with Crippen LogP contribution in [0.2, 0.25) is 0 Å². The van der Waals surface area contributed by atoms with Crippen LogP contribution < -0.4 is 0 Å². The van der Waals surface area contributed by atoms with Gasteiger partial charge >= 0.3 is 0 Å². The zero-order valence-corrected chi connectivity index (χ0v) is 12.9. The van der Waals surface area contributed by atoms with Gasteiger partial charge in [-0.15, -0.1) is 0 Å². The Morgan fingerprint density at radius 1 is 1.11 bits per heavy atom. The SMILES string of the molecule is Fc1ccc(CN2CCC3(CCCC3)CC2)cc1Br. The molecule has 1 aromatic carbocycles. The highest BCUT2D eigenvalue weighted by atomic mass is 79.9. The summed E-state index contributed by atoms with van der Waals surface area (Å²) >= 11 is 3.27. The molecule has 1 saturated carbocycles. The molecule has 2 fully saturated rings. The predicted molar refractivity (Wildman–Crippen MR) is 79.5 cm³/mol. The van der Waals surface area contributed by atoms with Crippen LogP contribution in [-0.4, -0.2) is 18.0 Å². The molecule has 0 bridgehead atoms. The fraction of sp³-hybridized carbons (Fsp3) is 0.625. The fourth-order valence-electron chi connectivity index (χ4n) is 3.71. The minimum Gasteiger partial charge on any atom is -0.299 e. The third-order valence-corrected chi connectivity index (χ3v) is 5.58. The summed E-state index contributed by atoms with van der Waals surface area (Å²) < 4.78 is 13.8. The second-order valence-electron chi connectivity index (χ2n) is 6.23. The zero-order chi connectivity index (χ0) is 13.3. The van der Waals surface area contributed by atoms with Crippen molar-refractivity contribution in [1.82, 2.24) is 4.90 Å². The van der Waals surface area contributed by atoms with Crippen LogP contribution in [0, 0.1) is 11.2 Å². The van der Waals surface area contributed by atoms with Crippen molar-refractivity contribution in [2.45, 2.75) is 45.1 Å². The Labute approximate surface area is 123 Å². The largest absolute Gasteiger partial charge is 0.299 e. The molecule has 1 saturated heterocycles. The average molecular weight is 326 g/mol. The number of piperidine rings is 1. The van der Waals surface area contributed by atoms with E-state index in [2.05, 4.69) is 20.8 Å². The summed E-state index contributed by atoms with van der Waals surface area (Å²) in [5.41, 5.74) is 1.88. The van der Waals surface area contributed by atoms with Gasteiger partial charge in [-0.25, -0.2) is 4.39 Å². The van der Waals surface area contributed by atoms with Crippen molar-refractivity contribution in [2.75, 3.05) is 13.1 Å². The molecule has 0 radical (unpaired) electrons. The monoisotopic (exact) mass is 325 g/mol. The first-order valence-electron chi connectivity index (χ1n) is 7.33. The van der Waals surface area contributed by atoms with Crippen LogP contribution >= 0.6 is 15.9 Å². The average Bonchev–Trinajstić information content (AvgIpc) is 2.86. The standard InChI is InChI=1S/C16H21BrFN/c17-14-11-13(3-4-15(14)18)12-19-9-7-16(8-10-19)5-1-2-6-16/h3-4,11H,1-2,5-10,12H2. The Morgan fingerprint density at radius 2 is 1.79 bits per heavy atom. The zero-order valence-electron chi connectivity index (χ0n) is 11.3. The van der Waals surface area contributed by atoms with Gasteiger partial charge in [-0.3, -0.25) is 4.90 Å². The van der Waals surface area contributed by atoms with E-state index in [1.807, 2.05) is 12.1 Å². The van der Waals surface area contributed by atoms with Gasteiger partial charge in [-0.05, 0) is 77.8 Å². The van der Waals surface area contributed by atoms with Gasteiger partial charge in [0.2, 0.25) is 0 Å². The maximum atomic E-state index is 13.2. The molecule has 0 amide bonds. The van der Waals surface area contributed by atoms with Crippen LogP contribution in [0.5, 0.6) is 0 Å². The van der Waals surface area contributed by atoms with Crippen molar-refractivity contribution in [3.63, 3.8) is 0 Å². The van der Waals surface area contributed by atoms with Crippen molar-refractivity contribution in [3.8, 4) is 0 Å². The maximum Gasteiger partial charge on any atom is 0.137 e. The molecule has 0 atom stereocenters. The maximum absolute atomic E-state index is 13.2. The first-order chi connectivity index (χ1) is 9.17. The number of nitrogens with zero attached hydrogens (tertiary/aromatic N) is 1. The first-order valence-corrected chi connectivity index (χ1v) is 8.13. The van der Waals surface area contributed by atoms with Crippen LogP contribution in [0.4, 0.5) is 4.39 Å². The Morgan fingerprint density at radius 3 is 2.42 bits per heavy atom. The third kappa shape index (κ3) is 3.03. The normalized spacial score (nSPS) is 23.1. The van der Waals surface area contributed by atoms with E-state index in [4.69, 9.17) is 0 Å². The van der Waals surface area contributed by atoms with Crippen LogP contribution in [0.3, 0.4) is 0 Å². The summed E-state index contributed by atoms with van der Waals surface area (Å²) in [7, 11) is 0. The van der Waals surface area contributed by atoms with E-state index < -0.39 is 0 Å². The van der Waals surface area contributed by atoms with Crippen molar-refractivity contribution in [2.24, 2.45) is 5.41 Å². The number of hydrogen-bond acceptors (Lipinski definition) is 1. The summed E-state index contributed by atoms with van der Waals surface area (Å²) in [4.78, 5) is 2.52. The van der Waals surface area contributed by atoms with E-state index in [1.54, 1.807) is 6.07 Å². The Hall–Kier alpha value is -0.410. The first kappa shape index (κ1) is 13.6. The number of halogens is 2. The molecule has 3 rings (SSSR count). The van der Waals surface area contributed by atoms with E-state index >= 15 is 0 Å². The Balaban J connectivity index is 1.58. The highest BCUT2D eigenvalue weighted by Crippen LogP contribution is 2.46. The van der Waals surface area contributed by atoms with Gasteiger partial charge in [0.05, 0.1) is 4.47 Å². The van der Waals surface area contributed by atoms with Crippen molar-refractivity contribution >= 4 is 15.9 Å². The van der Waals surface area contributed by atoms with Crippen LogP contribution in [0.1, 0.15) is 44.1 Å². The molecule has 1 heterocycles. The molecule has 0 unspecified atom stereocenters. The second-order valence-corrected chi connectivity index (χ2v) is 7.09. The molecule has 0 aromatic heterocycles. The van der Waals surface area contributed by atoms with E-state index in [1.165, 1.54) is 57.2 Å². The summed E-state index contributed by atoms with van der Waals surface area (Å²) in [5.74, 6) is -0.174. The van der Waals surface area contributed by atoms with Crippen LogP contribution in [0.25, 0.3) is 0 Å². The van der Waals surface area contributed by atoms with E-state index in [9.17, 15) is 4.39 Å². The van der Waals surface area contributed by atoms with Crippen molar-refractivity contribution in [1.29, 1.82) is 0 Å². The molecule has 1 aliphatic heterocycles. The smallest absolute Gasteiger partial charge is 0.137 e. The minimum atomic E-state index is -0.174. The van der Waals surface area contributed by atoms with Crippen molar-refractivity contribution in [3.05, 3.63) is 34.1 Å². The summed E-state index contributed by atoms with van der Waals surface area (Å²) in [6.45, 7) is 3.36. The quantitative estimate of drug-likeness (QED) is 0.758. The fourth-order valence-corrected chi connectivity index (χ4v) is 4.13. The highest BCUT2D eigenvalue weighted by Gasteiger charge is 2.36. The summed E-state index contributed by atoms with van der Waals surface area (Å²) in [6, 6.07) is 5.37. The number of likely N-dealkylation sites (tertiary alicyclic amines) is 1. The van der Waals surface area contributed by atoms with Gasteiger partial charge in [-0.2, -0.15) is 0 Å². The lowest BCUT2D eigenvalue weighted by Crippen LogP contribution is -2.38. The lowest BCUT2D eigenvalue weighted by atomic mass is 9.77. The lowest BCUT2D eigenvalue weighted by Gasteiger charge is -2.39. The van der Waals surface area contributed by atoms with Crippen LogP contribution in [-0.2, 0) is 6.54 Å². The Bertz CT molecular complexity index is 444. The summed E-state index contributed by atoms with van der Waals surface area (Å²) in [5, 5.41) is 0. The molecule has 0 N–H and O–H groups in total. The van der Waals surface area contributed by atoms with Gasteiger partial charge in [-0.1, -0.05) is 18.9 Å². The molecule has 1 aromatic rings. The highest BCUT2D eigenvalue weighted by molar-refractivity contribution is 9.10. The second kappa shape index (κ2) is 5.53. The molecule has 1 spiro atoms. The number of benzene rings is 1. The summed E-state index contributed by atoms with van der Waals surface area (Å²) in [6.07, 6.45) is 8.48. The molecule has 19 heavy (non-hydrogen) atoms. The topological polar surface area (TPSA) is 3.24 Å². The molecule has 3 heteroatoms. The third-order valence-electron chi connectivity index (χ3n) is 4.97. The van der Waals surface area contributed by atoms with Gasteiger partial charge in [0, 0.05) is 6.54 Å². The van der Waals surface area contributed by atoms with E-state index in [0.29, 0.717) is 9.89 Å². The van der Waals surface area contributed by atoms with Gasteiger partial charge in [0.25, 0.3) is 0 Å². The predicted octanol–water partition coefficient (Wildman–Crippen LogP) is 4.74. The van der Waals surface area contributed by atoms with E-state index in [-0.39, 0.29) is 5.82 Å². The number of hydrogen-bond donors (Lipinski definition) is 0. The molecule has 2 aliphatic rings. The molecular weight excluding hydrogens is 305 g/mol. The molecular formula is C16H21BrFN. The van der Waals surface area contributed by atoms with Crippen LogP contribution in [0.15, 0.2) is 22.7 Å². The minimum absolute atomic E-state index is 0.174.